The molecule has 0 saturated carbocycles. The number of rotatable bonds is 6. The maximum absolute atomic E-state index is 12.5. The normalized spacial score (nSPS) is 14.1. The third-order valence-electron chi connectivity index (χ3n) is 5.17. The highest BCUT2D eigenvalue weighted by atomic mass is 16.5. The minimum atomic E-state index is 0.136. The number of aldehydes is 1. The van der Waals surface area contributed by atoms with E-state index in [1.165, 1.54) is 5.69 Å². The molecule has 0 atom stereocenters. The zero-order valence-corrected chi connectivity index (χ0v) is 16.9. The van der Waals surface area contributed by atoms with Gasteiger partial charge in [0, 0.05) is 37.4 Å². The largest absolute Gasteiger partial charge is 0.493 e. The Morgan fingerprint density at radius 1 is 1.04 bits per heavy atom. The van der Waals surface area contributed by atoms with E-state index < -0.39 is 0 Å². The summed E-state index contributed by atoms with van der Waals surface area (Å²) in [5.41, 5.74) is 5.25. The van der Waals surface area contributed by atoms with Gasteiger partial charge in [0.15, 0.2) is 0 Å². The Labute approximate surface area is 166 Å². The summed E-state index contributed by atoms with van der Waals surface area (Å²) < 4.78 is 5.71. The Balaban J connectivity index is 1.51. The molecular formula is C23H28N2O3. The average Bonchev–Trinajstić information content (AvgIpc) is 2.68. The van der Waals surface area contributed by atoms with E-state index in [4.69, 9.17) is 4.74 Å². The Kier molecular flexibility index (Phi) is 6.34. The molecule has 0 spiro atoms. The molecule has 148 valence electrons. The smallest absolute Gasteiger partial charge is 0.226 e. The van der Waals surface area contributed by atoms with E-state index in [2.05, 4.69) is 4.90 Å². The molecular weight excluding hydrogens is 352 g/mol. The first-order valence-corrected chi connectivity index (χ1v) is 9.76. The summed E-state index contributed by atoms with van der Waals surface area (Å²) in [6.45, 7) is 9.50. The molecule has 28 heavy (non-hydrogen) atoms. The molecule has 0 unspecified atom stereocenters. The minimum Gasteiger partial charge on any atom is -0.493 e. The van der Waals surface area contributed by atoms with Crippen LogP contribution in [0.4, 0.5) is 5.69 Å². The Hall–Kier alpha value is -2.82. The van der Waals surface area contributed by atoms with E-state index in [1.54, 1.807) is 0 Å². The van der Waals surface area contributed by atoms with Crippen LogP contribution in [0.15, 0.2) is 36.4 Å². The van der Waals surface area contributed by atoms with Gasteiger partial charge in [-0.2, -0.15) is 0 Å². The topological polar surface area (TPSA) is 49.9 Å². The van der Waals surface area contributed by atoms with Crippen molar-refractivity contribution in [1.29, 1.82) is 0 Å². The predicted octanol–water partition coefficient (Wildman–Crippen LogP) is 3.54. The van der Waals surface area contributed by atoms with Gasteiger partial charge in [0.25, 0.3) is 0 Å². The van der Waals surface area contributed by atoms with Crippen molar-refractivity contribution in [2.24, 2.45) is 0 Å². The fraction of sp³-hybridized carbons (Fsp3) is 0.391. The summed E-state index contributed by atoms with van der Waals surface area (Å²) in [4.78, 5) is 27.8. The zero-order chi connectivity index (χ0) is 20.1. The van der Waals surface area contributed by atoms with Gasteiger partial charge in [0.05, 0.1) is 13.0 Å². The van der Waals surface area contributed by atoms with E-state index in [0.717, 1.165) is 41.8 Å². The molecule has 1 amide bonds. The Morgan fingerprint density at radius 2 is 1.71 bits per heavy atom. The summed E-state index contributed by atoms with van der Waals surface area (Å²) >= 11 is 0. The lowest BCUT2D eigenvalue weighted by Crippen LogP contribution is -2.49. The Morgan fingerprint density at radius 3 is 2.32 bits per heavy atom. The first-order valence-electron chi connectivity index (χ1n) is 9.76. The number of anilines is 1. The molecule has 0 aliphatic carbocycles. The maximum atomic E-state index is 12.5. The molecule has 2 aromatic rings. The van der Waals surface area contributed by atoms with Gasteiger partial charge in [-0.3, -0.25) is 9.59 Å². The second-order valence-electron chi connectivity index (χ2n) is 7.40. The lowest BCUT2D eigenvalue weighted by Gasteiger charge is -2.37. The first-order chi connectivity index (χ1) is 13.5. The molecule has 3 rings (SSSR count). The fourth-order valence-corrected chi connectivity index (χ4v) is 3.86. The van der Waals surface area contributed by atoms with E-state index in [-0.39, 0.29) is 5.91 Å². The maximum Gasteiger partial charge on any atom is 0.226 e. The molecule has 0 radical (unpaired) electrons. The van der Waals surface area contributed by atoms with Crippen molar-refractivity contribution in [2.75, 3.05) is 37.7 Å². The van der Waals surface area contributed by atoms with Gasteiger partial charge in [-0.05, 0) is 61.7 Å². The number of hydrogen-bond donors (Lipinski definition) is 0. The number of hydrogen-bond acceptors (Lipinski definition) is 4. The monoisotopic (exact) mass is 380 g/mol. The van der Waals surface area contributed by atoms with Crippen molar-refractivity contribution in [2.45, 2.75) is 27.2 Å². The van der Waals surface area contributed by atoms with Crippen LogP contribution in [-0.4, -0.2) is 49.9 Å². The van der Waals surface area contributed by atoms with Crippen molar-refractivity contribution in [3.05, 3.63) is 58.7 Å². The molecule has 0 aromatic heterocycles. The summed E-state index contributed by atoms with van der Waals surface area (Å²) in [6.07, 6.45) is 1.28. The van der Waals surface area contributed by atoms with E-state index in [9.17, 15) is 9.59 Å². The van der Waals surface area contributed by atoms with Crippen molar-refractivity contribution in [1.82, 2.24) is 4.90 Å². The van der Waals surface area contributed by atoms with Crippen LogP contribution in [0, 0.1) is 20.8 Å². The minimum absolute atomic E-state index is 0.136. The molecule has 1 fully saturated rings. The van der Waals surface area contributed by atoms with Gasteiger partial charge in [0.2, 0.25) is 5.91 Å². The predicted molar refractivity (Wildman–Crippen MR) is 111 cm³/mol. The summed E-state index contributed by atoms with van der Waals surface area (Å²) in [5, 5.41) is 0. The Bertz CT molecular complexity index is 832. The van der Waals surface area contributed by atoms with Crippen LogP contribution in [0.3, 0.4) is 0 Å². The fourth-order valence-electron chi connectivity index (χ4n) is 3.86. The van der Waals surface area contributed by atoms with E-state index in [1.807, 2.05) is 62.1 Å². The number of nitrogens with zero attached hydrogens (tertiary/aromatic N) is 2. The second-order valence-corrected chi connectivity index (χ2v) is 7.40. The van der Waals surface area contributed by atoms with Gasteiger partial charge < -0.3 is 14.5 Å². The average molecular weight is 380 g/mol. The summed E-state index contributed by atoms with van der Waals surface area (Å²) in [6, 6.07) is 11.7. The molecule has 1 aliphatic heterocycles. The van der Waals surface area contributed by atoms with Gasteiger partial charge in [-0.15, -0.1) is 0 Å². The second kappa shape index (κ2) is 8.91. The van der Waals surface area contributed by atoms with Crippen molar-refractivity contribution in [3.63, 3.8) is 0 Å². The molecule has 5 nitrogen and oxygen atoms in total. The van der Waals surface area contributed by atoms with Crippen LogP contribution < -0.4 is 9.64 Å². The van der Waals surface area contributed by atoms with Crippen LogP contribution in [-0.2, 0) is 4.79 Å². The molecule has 5 heteroatoms. The van der Waals surface area contributed by atoms with Crippen LogP contribution in [0.1, 0.15) is 33.5 Å². The molecule has 2 aromatic carbocycles. The molecule has 1 aliphatic rings. The van der Waals surface area contributed by atoms with Gasteiger partial charge in [-0.25, -0.2) is 0 Å². The number of aryl methyl sites for hydroxylation is 3. The number of carbonyl (C=O) groups excluding carboxylic acids is 2. The van der Waals surface area contributed by atoms with Gasteiger partial charge in [0.1, 0.15) is 12.0 Å². The highest BCUT2D eigenvalue weighted by Crippen LogP contribution is 2.27. The van der Waals surface area contributed by atoms with Crippen molar-refractivity contribution < 1.29 is 14.3 Å². The van der Waals surface area contributed by atoms with Crippen molar-refractivity contribution in [3.8, 4) is 5.75 Å². The number of ether oxygens (including phenoxy) is 1. The highest BCUT2D eigenvalue weighted by molar-refractivity contribution is 5.79. The molecule has 0 N–H and O–H groups in total. The van der Waals surface area contributed by atoms with Crippen molar-refractivity contribution >= 4 is 17.9 Å². The number of amides is 1. The number of benzene rings is 2. The standard InChI is InChI=1S/C23H28N2O3/c1-17-5-4-6-21(13-17)28-12-7-22(27)24-8-10-25(11-9-24)23-18(2)14-20(16-26)15-19(23)3/h4-6,13-16H,7-12H2,1-3H3. The zero-order valence-electron chi connectivity index (χ0n) is 16.9. The van der Waals surface area contributed by atoms with E-state index >= 15 is 0 Å². The quantitative estimate of drug-likeness (QED) is 0.719. The van der Waals surface area contributed by atoms with Crippen LogP contribution >= 0.6 is 0 Å². The summed E-state index contributed by atoms with van der Waals surface area (Å²) in [5.74, 6) is 0.944. The lowest BCUT2D eigenvalue weighted by atomic mass is 10.0. The van der Waals surface area contributed by atoms with Crippen LogP contribution in [0.5, 0.6) is 5.75 Å². The number of piperazine rings is 1. The van der Waals surface area contributed by atoms with E-state index in [0.29, 0.717) is 31.7 Å². The van der Waals surface area contributed by atoms with Gasteiger partial charge in [-0.1, -0.05) is 12.1 Å². The van der Waals surface area contributed by atoms with Crippen LogP contribution in [0.25, 0.3) is 0 Å². The SMILES string of the molecule is Cc1cccc(OCCC(=O)N2CCN(c3c(C)cc(C=O)cc3C)CC2)c1. The third-order valence-corrected chi connectivity index (χ3v) is 5.17. The summed E-state index contributed by atoms with van der Waals surface area (Å²) in [7, 11) is 0. The van der Waals surface area contributed by atoms with Gasteiger partial charge >= 0.3 is 0 Å². The molecule has 0 bridgehead atoms. The van der Waals surface area contributed by atoms with Crippen LogP contribution in [0.2, 0.25) is 0 Å². The third kappa shape index (κ3) is 4.71. The molecule has 1 heterocycles. The number of carbonyl (C=O) groups is 2. The highest BCUT2D eigenvalue weighted by Gasteiger charge is 2.23. The molecule has 1 saturated heterocycles. The lowest BCUT2D eigenvalue weighted by molar-refractivity contribution is -0.132. The first kappa shape index (κ1) is 19.9.